The molecule has 0 aliphatic heterocycles. The molecule has 12 rings (SSSR count). The molecule has 0 N–H and O–H groups in total. The van der Waals surface area contributed by atoms with E-state index in [9.17, 15) is 0 Å². The fourth-order valence-electron chi connectivity index (χ4n) is 9.18. The van der Waals surface area contributed by atoms with Crippen molar-refractivity contribution in [1.82, 2.24) is 4.57 Å². The van der Waals surface area contributed by atoms with E-state index in [2.05, 4.69) is 228 Å². The molecule has 59 heavy (non-hydrogen) atoms. The van der Waals surface area contributed by atoms with Gasteiger partial charge in [-0.3, -0.25) is 0 Å². The zero-order valence-corrected chi connectivity index (χ0v) is 32.9. The van der Waals surface area contributed by atoms with Gasteiger partial charge in [0.05, 0.1) is 22.4 Å². The fraction of sp³-hybridized carbons (Fsp3) is 0. The van der Waals surface area contributed by atoms with Gasteiger partial charge in [-0.05, 0) is 93.7 Å². The van der Waals surface area contributed by atoms with Gasteiger partial charge >= 0.3 is 0 Å². The van der Waals surface area contributed by atoms with Crippen molar-refractivity contribution in [3.63, 3.8) is 0 Å². The summed E-state index contributed by atoms with van der Waals surface area (Å²) in [6.07, 6.45) is 0. The van der Waals surface area contributed by atoms with Crippen LogP contribution < -0.4 is 4.90 Å². The Hall–Kier alpha value is -7.46. The second kappa shape index (κ2) is 13.6. The number of hydrogen-bond donors (Lipinski definition) is 0. The molecule has 0 amide bonds. The van der Waals surface area contributed by atoms with Gasteiger partial charge in [0.25, 0.3) is 0 Å². The summed E-state index contributed by atoms with van der Waals surface area (Å²) < 4.78 is 5.08. The Morgan fingerprint density at radius 2 is 0.864 bits per heavy atom. The van der Waals surface area contributed by atoms with Gasteiger partial charge in [0.15, 0.2) is 0 Å². The largest absolute Gasteiger partial charge is 0.309 e. The molecule has 0 unspecified atom stereocenters. The molecule has 0 aliphatic carbocycles. The van der Waals surface area contributed by atoms with Crippen molar-refractivity contribution in [1.29, 1.82) is 0 Å². The van der Waals surface area contributed by atoms with Gasteiger partial charge in [0.1, 0.15) is 0 Å². The van der Waals surface area contributed by atoms with Crippen LogP contribution in [0.4, 0.5) is 17.1 Å². The van der Waals surface area contributed by atoms with Crippen LogP contribution >= 0.6 is 11.3 Å². The van der Waals surface area contributed by atoms with Crippen LogP contribution in [0.5, 0.6) is 0 Å². The SMILES string of the molecule is c1cc(-c2ccc(-c3ccc4c5ccccc5n(-c5ccc6sc7ccccc7c6c5)c4c3)cc2)cc(N(c2cccc3ccccc23)c2cccc3ccccc23)c1. The van der Waals surface area contributed by atoms with Gasteiger partial charge in [-0.1, -0.05) is 158 Å². The summed E-state index contributed by atoms with van der Waals surface area (Å²) in [5.74, 6) is 0. The molecule has 12 aromatic rings. The highest BCUT2D eigenvalue weighted by atomic mass is 32.1. The molecule has 2 nitrogen and oxygen atoms in total. The molecule has 0 radical (unpaired) electrons. The first kappa shape index (κ1) is 33.7. The molecule has 0 aliphatic rings. The Morgan fingerprint density at radius 1 is 0.322 bits per heavy atom. The molecule has 2 aromatic heterocycles. The first-order valence-corrected chi connectivity index (χ1v) is 21.0. The zero-order valence-electron chi connectivity index (χ0n) is 32.1. The number of aromatic nitrogens is 1. The van der Waals surface area contributed by atoms with E-state index in [0.717, 1.165) is 17.1 Å². The smallest absolute Gasteiger partial charge is 0.0547 e. The Labute approximate surface area is 346 Å². The minimum Gasteiger partial charge on any atom is -0.309 e. The fourth-order valence-corrected chi connectivity index (χ4v) is 10.3. The average Bonchev–Trinajstić information content (AvgIpc) is 3.84. The number of nitrogens with zero attached hydrogens (tertiary/aromatic N) is 2. The number of hydrogen-bond acceptors (Lipinski definition) is 2. The summed E-state index contributed by atoms with van der Waals surface area (Å²) in [5, 5.41) is 10.0. The Bertz CT molecular complexity index is 3480. The number of anilines is 3. The lowest BCUT2D eigenvalue weighted by Crippen LogP contribution is -2.11. The highest BCUT2D eigenvalue weighted by Gasteiger charge is 2.19. The summed E-state index contributed by atoms with van der Waals surface area (Å²) in [6.45, 7) is 0. The highest BCUT2D eigenvalue weighted by Crippen LogP contribution is 2.44. The maximum Gasteiger partial charge on any atom is 0.0547 e. The molecular formula is C56H36N2S. The van der Waals surface area contributed by atoms with Crippen molar-refractivity contribution >= 4 is 91.9 Å². The van der Waals surface area contributed by atoms with Gasteiger partial charge in [0.2, 0.25) is 0 Å². The molecule has 0 saturated carbocycles. The summed E-state index contributed by atoms with van der Waals surface area (Å²) in [7, 11) is 0. The monoisotopic (exact) mass is 768 g/mol. The second-order valence-corrected chi connectivity index (χ2v) is 16.4. The minimum atomic E-state index is 1.12. The van der Waals surface area contributed by atoms with E-state index in [1.54, 1.807) is 0 Å². The van der Waals surface area contributed by atoms with Gasteiger partial charge in [0, 0.05) is 53.1 Å². The first-order valence-electron chi connectivity index (χ1n) is 20.2. The minimum absolute atomic E-state index is 1.12. The summed E-state index contributed by atoms with van der Waals surface area (Å²) in [4.78, 5) is 2.43. The molecule has 3 heteroatoms. The van der Waals surface area contributed by atoms with Crippen molar-refractivity contribution in [3.05, 3.63) is 218 Å². The van der Waals surface area contributed by atoms with Gasteiger partial charge in [-0.2, -0.15) is 0 Å². The third kappa shape index (κ3) is 5.55. The normalized spacial score (nSPS) is 11.7. The van der Waals surface area contributed by atoms with Crippen molar-refractivity contribution in [2.24, 2.45) is 0 Å². The number of rotatable bonds is 6. The van der Waals surface area contributed by atoms with Crippen LogP contribution in [0.1, 0.15) is 0 Å². The second-order valence-electron chi connectivity index (χ2n) is 15.3. The lowest BCUT2D eigenvalue weighted by atomic mass is 9.98. The molecule has 2 heterocycles. The molecule has 0 fully saturated rings. The summed E-state index contributed by atoms with van der Waals surface area (Å²) >= 11 is 1.86. The molecule has 10 aromatic carbocycles. The van der Waals surface area contributed by atoms with Crippen LogP contribution in [-0.2, 0) is 0 Å². The summed E-state index contributed by atoms with van der Waals surface area (Å²) in [6, 6.07) is 80.0. The van der Waals surface area contributed by atoms with E-state index in [4.69, 9.17) is 0 Å². The van der Waals surface area contributed by atoms with Crippen molar-refractivity contribution in [3.8, 4) is 27.9 Å². The predicted octanol–water partition coefficient (Wildman–Crippen LogP) is 16.3. The lowest BCUT2D eigenvalue weighted by Gasteiger charge is -2.28. The standard InChI is InChI=1S/C56H36N2S/c1-3-18-45-39(12-1)14-10-23-51(45)57(52-24-11-15-40-13-2-4-19-46(40)52)43-17-9-16-41(34-43)37-26-28-38(29-27-37)42-30-32-48-47-20-5-7-22-53(47)58(54(48)35-42)44-31-33-56-50(36-44)49-21-6-8-25-55(49)59-56/h1-36H. The Balaban J connectivity index is 0.952. The van der Waals surface area contributed by atoms with Gasteiger partial charge < -0.3 is 9.47 Å². The van der Waals surface area contributed by atoms with Gasteiger partial charge in [-0.25, -0.2) is 0 Å². The average molecular weight is 769 g/mol. The number of fused-ring (bicyclic) bond motifs is 8. The van der Waals surface area contributed by atoms with E-state index in [-0.39, 0.29) is 0 Å². The number of para-hydroxylation sites is 1. The zero-order chi connectivity index (χ0) is 38.9. The Morgan fingerprint density at radius 3 is 1.59 bits per heavy atom. The van der Waals surface area contributed by atoms with Crippen molar-refractivity contribution < 1.29 is 0 Å². The molecule has 0 bridgehead atoms. The Kier molecular flexibility index (Phi) is 7.75. The van der Waals surface area contributed by atoms with Crippen molar-refractivity contribution in [2.45, 2.75) is 0 Å². The van der Waals surface area contributed by atoms with E-state index in [0.29, 0.717) is 0 Å². The van der Waals surface area contributed by atoms with Crippen LogP contribution in [0.3, 0.4) is 0 Å². The van der Waals surface area contributed by atoms with E-state index >= 15 is 0 Å². The molecule has 0 saturated heterocycles. The topological polar surface area (TPSA) is 8.17 Å². The van der Waals surface area contributed by atoms with Crippen LogP contribution in [0.2, 0.25) is 0 Å². The first-order chi connectivity index (χ1) is 29.2. The van der Waals surface area contributed by atoms with Crippen LogP contribution in [0.25, 0.3) is 91.5 Å². The third-order valence-corrected chi connectivity index (χ3v) is 13.1. The maximum atomic E-state index is 2.44. The van der Waals surface area contributed by atoms with E-state index < -0.39 is 0 Å². The van der Waals surface area contributed by atoms with Crippen molar-refractivity contribution in [2.75, 3.05) is 4.90 Å². The van der Waals surface area contributed by atoms with Crippen LogP contribution in [0, 0.1) is 0 Å². The molecule has 276 valence electrons. The predicted molar refractivity (Wildman–Crippen MR) is 254 cm³/mol. The molecular weight excluding hydrogens is 733 g/mol. The maximum absolute atomic E-state index is 2.44. The molecule has 0 spiro atoms. The number of benzene rings is 10. The quantitative estimate of drug-likeness (QED) is 0.164. The molecule has 0 atom stereocenters. The number of thiophene rings is 1. The third-order valence-electron chi connectivity index (χ3n) is 12.0. The van der Waals surface area contributed by atoms with Crippen LogP contribution in [0.15, 0.2) is 218 Å². The highest BCUT2D eigenvalue weighted by molar-refractivity contribution is 7.25. The van der Waals surface area contributed by atoms with Crippen LogP contribution in [-0.4, -0.2) is 4.57 Å². The lowest BCUT2D eigenvalue weighted by molar-refractivity contribution is 1.19. The summed E-state index contributed by atoms with van der Waals surface area (Å²) in [5.41, 5.74) is 11.8. The van der Waals surface area contributed by atoms with E-state index in [1.165, 1.54) is 91.5 Å². The van der Waals surface area contributed by atoms with Gasteiger partial charge in [-0.15, -0.1) is 11.3 Å². The van der Waals surface area contributed by atoms with E-state index in [1.807, 2.05) is 11.3 Å².